The molecule has 142 valence electrons. The van der Waals surface area contributed by atoms with Crippen LogP contribution in [0, 0.1) is 6.92 Å². The Hall–Kier alpha value is -3.40. The van der Waals surface area contributed by atoms with Gasteiger partial charge in [0.2, 0.25) is 0 Å². The minimum atomic E-state index is -0.473. The van der Waals surface area contributed by atoms with Crippen molar-refractivity contribution in [3.8, 4) is 5.75 Å². The van der Waals surface area contributed by atoms with Crippen LogP contribution in [0.25, 0.3) is 21.5 Å². The van der Waals surface area contributed by atoms with E-state index in [-0.39, 0.29) is 5.97 Å². The molecule has 0 aliphatic carbocycles. The van der Waals surface area contributed by atoms with E-state index in [1.807, 2.05) is 18.2 Å². The van der Waals surface area contributed by atoms with Crippen LogP contribution in [0.4, 0.5) is 0 Å². The molecule has 3 aromatic rings. The van der Waals surface area contributed by atoms with Gasteiger partial charge in [-0.1, -0.05) is 43.5 Å². The minimum Gasteiger partial charge on any atom is -0.463 e. The van der Waals surface area contributed by atoms with E-state index >= 15 is 0 Å². The van der Waals surface area contributed by atoms with E-state index in [1.165, 1.54) is 22.6 Å². The molecule has 0 fully saturated rings. The van der Waals surface area contributed by atoms with E-state index in [1.54, 1.807) is 6.07 Å². The summed E-state index contributed by atoms with van der Waals surface area (Å²) >= 11 is 0. The second kappa shape index (κ2) is 8.53. The summed E-state index contributed by atoms with van der Waals surface area (Å²) in [5.74, 6) is -0.363. The summed E-state index contributed by atoms with van der Waals surface area (Å²) in [5, 5.41) is 4.44. The first-order valence-electron chi connectivity index (χ1n) is 9.12. The fourth-order valence-corrected chi connectivity index (χ4v) is 3.31. The Kier molecular flexibility index (Phi) is 5.90. The van der Waals surface area contributed by atoms with Crippen LogP contribution in [0.2, 0.25) is 0 Å². The summed E-state index contributed by atoms with van der Waals surface area (Å²) in [6.07, 6.45) is 3.92. The molecule has 0 heterocycles. The first-order valence-corrected chi connectivity index (χ1v) is 9.12. The maximum absolute atomic E-state index is 11.4. The lowest BCUT2D eigenvalue weighted by atomic mass is 9.94. The molecule has 3 aromatic carbocycles. The summed E-state index contributed by atoms with van der Waals surface area (Å²) in [5.41, 5.74) is 2.45. The zero-order valence-corrected chi connectivity index (χ0v) is 15.9. The second-order valence-electron chi connectivity index (χ2n) is 6.49. The summed E-state index contributed by atoms with van der Waals surface area (Å²) in [4.78, 5) is 22.5. The number of carbonyl (C=O) groups excluding carboxylic acids is 2. The van der Waals surface area contributed by atoms with Crippen molar-refractivity contribution in [2.75, 3.05) is 6.61 Å². The number of ether oxygens (including phenoxy) is 2. The van der Waals surface area contributed by atoms with Crippen LogP contribution < -0.4 is 4.74 Å². The molecule has 3 rings (SSSR count). The van der Waals surface area contributed by atoms with E-state index in [9.17, 15) is 9.59 Å². The van der Waals surface area contributed by atoms with E-state index < -0.39 is 5.97 Å². The molecule has 0 unspecified atom stereocenters. The number of benzene rings is 3. The molecule has 28 heavy (non-hydrogen) atoms. The van der Waals surface area contributed by atoms with Crippen LogP contribution in [-0.4, -0.2) is 18.5 Å². The van der Waals surface area contributed by atoms with Gasteiger partial charge in [-0.2, -0.15) is 0 Å². The predicted molar refractivity (Wildman–Crippen MR) is 112 cm³/mol. The van der Waals surface area contributed by atoms with Gasteiger partial charge in [-0.15, -0.1) is 0 Å². The number of rotatable bonds is 7. The summed E-state index contributed by atoms with van der Waals surface area (Å²) < 4.78 is 10.3. The lowest BCUT2D eigenvalue weighted by Crippen LogP contribution is -2.03. The first-order chi connectivity index (χ1) is 13.5. The van der Waals surface area contributed by atoms with Gasteiger partial charge in [-0.3, -0.25) is 0 Å². The van der Waals surface area contributed by atoms with Gasteiger partial charge in [-0.05, 0) is 64.6 Å². The van der Waals surface area contributed by atoms with E-state index in [2.05, 4.69) is 38.3 Å². The largest absolute Gasteiger partial charge is 0.463 e. The molecule has 0 N–H and O–H groups in total. The van der Waals surface area contributed by atoms with Crippen molar-refractivity contribution in [3.05, 3.63) is 78.9 Å². The number of aryl methyl sites for hydroxylation is 2. The third-order valence-corrected chi connectivity index (χ3v) is 4.76. The fourth-order valence-electron chi connectivity index (χ4n) is 3.31. The Morgan fingerprint density at radius 1 is 0.929 bits per heavy atom. The van der Waals surface area contributed by atoms with Crippen molar-refractivity contribution in [2.45, 2.75) is 19.8 Å². The maximum Gasteiger partial charge on any atom is 0.335 e. The topological polar surface area (TPSA) is 52.6 Å². The molecule has 0 saturated heterocycles. The van der Waals surface area contributed by atoms with Crippen molar-refractivity contribution in [3.63, 3.8) is 0 Å². The number of carbonyl (C=O) groups is 2. The van der Waals surface area contributed by atoms with Crippen LogP contribution in [0.3, 0.4) is 0 Å². The molecule has 0 bridgehead atoms. The number of hydrogen-bond acceptors (Lipinski definition) is 4. The Labute approximate surface area is 164 Å². The van der Waals surface area contributed by atoms with Crippen LogP contribution in [0.1, 0.15) is 17.5 Å². The molecule has 4 nitrogen and oxygen atoms in total. The van der Waals surface area contributed by atoms with Gasteiger partial charge in [0, 0.05) is 12.2 Å². The van der Waals surface area contributed by atoms with Crippen LogP contribution >= 0.6 is 0 Å². The van der Waals surface area contributed by atoms with Gasteiger partial charge in [0.15, 0.2) is 0 Å². The van der Waals surface area contributed by atoms with Gasteiger partial charge in [-0.25, -0.2) is 9.59 Å². The van der Waals surface area contributed by atoms with E-state index in [0.29, 0.717) is 12.4 Å². The third-order valence-electron chi connectivity index (χ3n) is 4.76. The Balaban J connectivity index is 1.86. The molecule has 0 aromatic heterocycles. The standard InChI is InChI=1S/C24H22O4/c1-4-23(25)27-14-6-7-17-8-12-22-20(16(17)3)11-9-18-15-19(10-13-21(18)22)28-24(26)5-2/h4-5,8-13,15H,1-2,6-7,14H2,3H3. The molecule has 4 heteroatoms. The van der Waals surface area contributed by atoms with Crippen molar-refractivity contribution in [2.24, 2.45) is 0 Å². The summed E-state index contributed by atoms with van der Waals surface area (Å²) in [6.45, 7) is 9.30. The molecule has 0 amide bonds. The van der Waals surface area contributed by atoms with Crippen molar-refractivity contribution in [1.82, 2.24) is 0 Å². The van der Waals surface area contributed by atoms with Gasteiger partial charge in [0.25, 0.3) is 0 Å². The average Bonchev–Trinajstić information content (AvgIpc) is 2.71. The second-order valence-corrected chi connectivity index (χ2v) is 6.49. The highest BCUT2D eigenvalue weighted by Crippen LogP contribution is 2.31. The SMILES string of the molecule is C=CC(=O)OCCCc1ccc2c(ccc3cc(OC(=O)C=C)ccc32)c1C. The fraction of sp³-hybridized carbons (Fsp3) is 0.167. The molecule has 0 aliphatic heterocycles. The van der Waals surface area contributed by atoms with Gasteiger partial charge in [0.1, 0.15) is 5.75 Å². The molecule has 0 atom stereocenters. The quantitative estimate of drug-likeness (QED) is 0.191. The zero-order chi connectivity index (χ0) is 20.1. The highest BCUT2D eigenvalue weighted by atomic mass is 16.5. The predicted octanol–water partition coefficient (Wildman–Crippen LogP) is 5.05. The Morgan fingerprint density at radius 3 is 2.39 bits per heavy atom. The monoisotopic (exact) mass is 374 g/mol. The highest BCUT2D eigenvalue weighted by Gasteiger charge is 2.09. The smallest absolute Gasteiger partial charge is 0.335 e. The lowest BCUT2D eigenvalue weighted by Gasteiger charge is -2.12. The molecule has 0 spiro atoms. The van der Waals surface area contributed by atoms with E-state index in [4.69, 9.17) is 9.47 Å². The van der Waals surface area contributed by atoms with Crippen molar-refractivity contribution in [1.29, 1.82) is 0 Å². The van der Waals surface area contributed by atoms with Gasteiger partial charge < -0.3 is 9.47 Å². The molecule has 0 aliphatic rings. The molecular formula is C24H22O4. The molecule has 0 saturated carbocycles. The lowest BCUT2D eigenvalue weighted by molar-refractivity contribution is -0.137. The number of esters is 2. The Bertz CT molecular complexity index is 1080. The van der Waals surface area contributed by atoms with Crippen LogP contribution in [-0.2, 0) is 20.7 Å². The highest BCUT2D eigenvalue weighted by molar-refractivity contribution is 6.09. The normalized spacial score (nSPS) is 10.6. The third kappa shape index (κ3) is 4.12. The summed E-state index contributed by atoms with van der Waals surface area (Å²) in [7, 11) is 0. The van der Waals surface area contributed by atoms with Crippen molar-refractivity contribution >= 4 is 33.5 Å². The van der Waals surface area contributed by atoms with Crippen LogP contribution in [0.15, 0.2) is 67.8 Å². The number of fused-ring (bicyclic) bond motifs is 3. The van der Waals surface area contributed by atoms with Crippen molar-refractivity contribution < 1.29 is 19.1 Å². The van der Waals surface area contributed by atoms with Crippen LogP contribution in [0.5, 0.6) is 5.75 Å². The first kappa shape index (κ1) is 19.4. The minimum absolute atomic E-state index is 0.381. The summed E-state index contributed by atoms with van der Waals surface area (Å²) in [6, 6.07) is 14.0. The number of hydrogen-bond donors (Lipinski definition) is 0. The maximum atomic E-state index is 11.4. The molecular weight excluding hydrogens is 352 g/mol. The Morgan fingerprint density at radius 2 is 1.64 bits per heavy atom. The van der Waals surface area contributed by atoms with Gasteiger partial charge >= 0.3 is 11.9 Å². The average molecular weight is 374 g/mol. The van der Waals surface area contributed by atoms with Gasteiger partial charge in [0.05, 0.1) is 6.61 Å². The van der Waals surface area contributed by atoms with E-state index in [0.717, 1.165) is 35.1 Å². The molecule has 0 radical (unpaired) electrons. The zero-order valence-electron chi connectivity index (χ0n) is 15.9.